The average Bonchev–Trinajstić information content (AvgIpc) is 3.71. The number of fused-ring (bicyclic) bond motifs is 5. The zero-order chi connectivity index (χ0) is 36.9. The van der Waals surface area contributed by atoms with Gasteiger partial charge in [-0.2, -0.15) is 0 Å². The Morgan fingerprint density at radius 3 is 2.77 bits per heavy atom. The van der Waals surface area contributed by atoms with Gasteiger partial charge in [0.15, 0.2) is 0 Å². The fourth-order valence-corrected chi connectivity index (χ4v) is 11.2. The lowest BCUT2D eigenvalue weighted by Crippen LogP contribution is -2.50. The summed E-state index contributed by atoms with van der Waals surface area (Å²) in [5.74, 6) is 0.297. The Balaban J connectivity index is 1.20. The summed E-state index contributed by atoms with van der Waals surface area (Å²) in [7, 11) is 1.25. The second-order valence-electron chi connectivity index (χ2n) is 15.4. The van der Waals surface area contributed by atoms with Gasteiger partial charge in [-0.3, -0.25) is 19.0 Å². The zero-order valence-corrected chi connectivity index (χ0v) is 32.1. The number of methoxy groups -OCH3 is 2. The van der Waals surface area contributed by atoms with Crippen molar-refractivity contribution < 1.29 is 32.7 Å². The van der Waals surface area contributed by atoms with Gasteiger partial charge in [0.25, 0.3) is 11.8 Å². The number of anilines is 1. The molecule has 2 amide bonds. The molecule has 1 aromatic heterocycles. The Morgan fingerprint density at radius 2 is 1.98 bits per heavy atom. The Hall–Kier alpha value is -3.65. The van der Waals surface area contributed by atoms with Gasteiger partial charge in [-0.05, 0) is 111 Å². The van der Waals surface area contributed by atoms with Gasteiger partial charge >= 0.3 is 0 Å². The summed E-state index contributed by atoms with van der Waals surface area (Å²) in [6, 6.07) is 11.6. The van der Waals surface area contributed by atoms with E-state index in [-0.39, 0.29) is 46.3 Å². The molecule has 53 heavy (non-hydrogen) atoms. The molecule has 2 aromatic carbocycles. The van der Waals surface area contributed by atoms with Gasteiger partial charge in [-0.1, -0.05) is 17.7 Å². The number of amides is 2. The van der Waals surface area contributed by atoms with Crippen molar-refractivity contribution in [1.82, 2.24) is 14.5 Å². The molecule has 0 radical (unpaired) electrons. The number of aromatic nitrogens is 2. The van der Waals surface area contributed by atoms with Crippen LogP contribution < -0.4 is 19.1 Å². The van der Waals surface area contributed by atoms with E-state index in [1.165, 1.54) is 29.1 Å². The van der Waals surface area contributed by atoms with Crippen LogP contribution in [0.25, 0.3) is 0 Å². The molecule has 3 aromatic rings. The summed E-state index contributed by atoms with van der Waals surface area (Å²) < 4.78 is 47.5. The maximum absolute atomic E-state index is 14.7. The smallest absolute Gasteiger partial charge is 0.286 e. The molecule has 1 saturated carbocycles. The molecule has 12 nitrogen and oxygen atoms in total. The first-order valence-corrected chi connectivity index (χ1v) is 20.8. The molecular formula is C39H48ClN5O7S. The lowest BCUT2D eigenvalue weighted by Gasteiger charge is -2.46. The molecule has 7 atom stereocenters. The molecule has 3 aliphatic heterocycles. The summed E-state index contributed by atoms with van der Waals surface area (Å²) in [6.45, 7) is 2.58. The molecule has 8 rings (SSSR count). The minimum atomic E-state index is -3.63. The van der Waals surface area contributed by atoms with E-state index in [9.17, 15) is 13.8 Å². The van der Waals surface area contributed by atoms with Gasteiger partial charge in [0.2, 0.25) is 5.88 Å². The van der Waals surface area contributed by atoms with E-state index in [0.29, 0.717) is 43.8 Å². The highest BCUT2D eigenvalue weighted by Crippen LogP contribution is 2.48. The number of nitrogens with one attached hydrogen (secondary N) is 1. The van der Waals surface area contributed by atoms with E-state index in [1.807, 2.05) is 25.3 Å². The third-order valence-electron chi connectivity index (χ3n) is 12.3. The Kier molecular flexibility index (Phi) is 9.97. The molecule has 1 N–H and O–H groups in total. The van der Waals surface area contributed by atoms with Crippen LogP contribution >= 0.6 is 11.6 Å². The summed E-state index contributed by atoms with van der Waals surface area (Å²) in [6.07, 6.45) is 8.51. The lowest BCUT2D eigenvalue weighted by atomic mass is 9.67. The summed E-state index contributed by atoms with van der Waals surface area (Å²) in [5, 5.41) is 4.90. The van der Waals surface area contributed by atoms with E-state index < -0.39 is 21.7 Å². The maximum Gasteiger partial charge on any atom is 0.286 e. The average molecular weight is 766 g/mol. The number of nitrogens with zero attached hydrogens (tertiary/aromatic N) is 4. The van der Waals surface area contributed by atoms with Crippen LogP contribution in [0.1, 0.15) is 76.8 Å². The number of halogens is 1. The van der Waals surface area contributed by atoms with Gasteiger partial charge in [-0.25, -0.2) is 4.21 Å². The molecule has 2 aliphatic carbocycles. The molecule has 1 spiro atoms. The van der Waals surface area contributed by atoms with Crippen molar-refractivity contribution in [3.8, 4) is 11.6 Å². The highest BCUT2D eigenvalue weighted by molar-refractivity contribution is 7.92. The third kappa shape index (κ3) is 7.05. The summed E-state index contributed by atoms with van der Waals surface area (Å²) >= 11 is 6.48. The number of ether oxygens (including phenoxy) is 4. The predicted molar refractivity (Wildman–Crippen MR) is 201 cm³/mol. The quantitative estimate of drug-likeness (QED) is 0.353. The van der Waals surface area contributed by atoms with Crippen LogP contribution in [0.15, 0.2) is 47.0 Å². The van der Waals surface area contributed by atoms with Crippen LogP contribution in [0.2, 0.25) is 5.02 Å². The Morgan fingerprint density at radius 1 is 1.11 bits per heavy atom. The fourth-order valence-electron chi connectivity index (χ4n) is 9.42. The van der Waals surface area contributed by atoms with E-state index in [1.54, 1.807) is 13.1 Å². The number of aryl methyl sites for hydroxylation is 2. The number of benzene rings is 2. The Bertz CT molecular complexity index is 2030. The predicted octanol–water partition coefficient (Wildman–Crippen LogP) is 5.75. The monoisotopic (exact) mass is 765 g/mol. The minimum absolute atomic E-state index is 0.0461. The van der Waals surface area contributed by atoms with Crippen molar-refractivity contribution >= 4 is 39.0 Å². The number of hydrogen-bond donors (Lipinski definition) is 1. The first-order chi connectivity index (χ1) is 25.6. The van der Waals surface area contributed by atoms with Crippen molar-refractivity contribution in [1.29, 1.82) is 0 Å². The molecule has 284 valence electrons. The van der Waals surface area contributed by atoms with Crippen molar-refractivity contribution in [2.75, 3.05) is 51.2 Å². The van der Waals surface area contributed by atoms with Gasteiger partial charge in [0.05, 0.1) is 37.4 Å². The summed E-state index contributed by atoms with van der Waals surface area (Å²) in [5.41, 5.74) is 3.44. The van der Waals surface area contributed by atoms with Crippen LogP contribution in [-0.4, -0.2) is 84.3 Å². The van der Waals surface area contributed by atoms with Gasteiger partial charge in [0, 0.05) is 56.1 Å². The van der Waals surface area contributed by atoms with Crippen LogP contribution in [0, 0.1) is 17.8 Å². The zero-order valence-electron chi connectivity index (χ0n) is 30.6. The van der Waals surface area contributed by atoms with Gasteiger partial charge in [-0.15, -0.1) is 9.46 Å². The molecule has 0 unspecified atom stereocenters. The molecule has 14 heteroatoms. The van der Waals surface area contributed by atoms with Gasteiger partial charge in [0.1, 0.15) is 21.2 Å². The molecule has 4 heterocycles. The Labute approximate surface area is 316 Å². The molecular weight excluding hydrogens is 718 g/mol. The highest BCUT2D eigenvalue weighted by Gasteiger charge is 2.45. The fraction of sp³-hybridized carbons (Fsp3) is 0.564. The molecule has 2 fully saturated rings. The van der Waals surface area contributed by atoms with Gasteiger partial charge < -0.3 is 23.8 Å². The highest BCUT2D eigenvalue weighted by atomic mass is 35.5. The number of carbonyl (C=O) groups excluding carboxylic acids is 2. The normalized spacial score (nSPS) is 31.2. The van der Waals surface area contributed by atoms with E-state index in [0.717, 1.165) is 62.2 Å². The van der Waals surface area contributed by atoms with Crippen LogP contribution in [0.5, 0.6) is 11.6 Å². The number of hydrogen-bond acceptors (Lipinski definition) is 9. The minimum Gasteiger partial charge on any atom is -0.490 e. The first kappa shape index (κ1) is 36.3. The molecule has 1 saturated heterocycles. The van der Waals surface area contributed by atoms with E-state index in [2.05, 4.69) is 31.2 Å². The van der Waals surface area contributed by atoms with Crippen LogP contribution in [0.4, 0.5) is 5.69 Å². The second kappa shape index (κ2) is 14.5. The standard InChI is InChI=1S/C39H48ClN5O7S/c1-44-21-30(38(41-44)50-3)37(47)43-53(48)16-13-33-25(12-15-51-33)19-35(49-2)29-9-6-27(29)20-45-22-39(14-4-5-24-17-28(40)8-10-31(24)39)23-52-34-11-7-26(18-32(34)45)36(46)42-53/h7-8,10-11,17-18,21,25,27,29,33,35H,4-6,9,12-16,19-20,22-23H2,1-3H3,(H,42,43,46,47,48)/t25-,27+,29-,33-,35+,39+,53+/m1/s1. The lowest BCUT2D eigenvalue weighted by molar-refractivity contribution is -0.0364. The second-order valence-corrected chi connectivity index (χ2v) is 18.0. The van der Waals surface area contributed by atoms with Crippen molar-refractivity contribution in [2.45, 2.75) is 69.0 Å². The largest absolute Gasteiger partial charge is 0.490 e. The SMILES string of the molecule is COc1nn(C)cc1C(=O)N[S@@]1(=O)=NC(=O)c2ccc3c(c2)N(C[C@@H]2CC[C@H]2[C@@H](OC)C[C@H]2CCO[C@@H]2CC1)C[C@@]1(CCCc2cc(Cl)ccc21)CO3. The maximum atomic E-state index is 14.7. The van der Waals surface area contributed by atoms with E-state index in [4.69, 9.17) is 30.5 Å². The third-order valence-corrected chi connectivity index (χ3v) is 14.3. The topological polar surface area (TPSA) is 134 Å². The van der Waals surface area contributed by atoms with Crippen molar-refractivity contribution in [2.24, 2.45) is 29.2 Å². The molecule has 2 bridgehead atoms. The number of rotatable bonds is 4. The first-order valence-electron chi connectivity index (χ1n) is 18.7. The molecule has 5 aliphatic rings. The number of carbonyl (C=O) groups is 2. The van der Waals surface area contributed by atoms with Crippen LogP contribution in [-0.2, 0) is 38.3 Å². The van der Waals surface area contributed by atoms with E-state index >= 15 is 0 Å². The summed E-state index contributed by atoms with van der Waals surface area (Å²) in [4.78, 5) is 30.1. The van der Waals surface area contributed by atoms with Crippen molar-refractivity contribution in [3.63, 3.8) is 0 Å². The van der Waals surface area contributed by atoms with Crippen molar-refractivity contribution in [3.05, 3.63) is 69.9 Å². The van der Waals surface area contributed by atoms with Crippen LogP contribution in [0.3, 0.4) is 0 Å².